The van der Waals surface area contributed by atoms with E-state index >= 15 is 0 Å². The Balaban J connectivity index is 3.04. The number of carbonyl (C=O) groups is 2. The molecular formula is C7H4FNO3. The normalized spacial score (nSPS) is 9.42. The van der Waals surface area contributed by atoms with E-state index in [0.29, 0.717) is 0 Å². The molecule has 0 amide bonds. The van der Waals surface area contributed by atoms with Crippen LogP contribution in [-0.4, -0.2) is 21.8 Å². The van der Waals surface area contributed by atoms with Crippen LogP contribution in [0.5, 0.6) is 0 Å². The molecule has 1 aromatic heterocycles. The molecule has 0 aromatic carbocycles. The second-order valence-corrected chi connectivity index (χ2v) is 1.99. The summed E-state index contributed by atoms with van der Waals surface area (Å²) in [6.07, 6.45) is 1.03. The van der Waals surface area contributed by atoms with Gasteiger partial charge in [-0.05, 0) is 6.07 Å². The number of Topliss-reactive ketones (excluding diaryl/α,β-unsaturated/α-hetero) is 1. The van der Waals surface area contributed by atoms with Crippen molar-refractivity contribution >= 4 is 11.8 Å². The number of carbonyl (C=O) groups excluding carboxylic acids is 1. The lowest BCUT2D eigenvalue weighted by atomic mass is 10.2. The molecule has 4 nitrogen and oxygen atoms in total. The molecule has 0 bridgehead atoms. The monoisotopic (exact) mass is 169 g/mol. The number of hydrogen-bond acceptors (Lipinski definition) is 3. The summed E-state index contributed by atoms with van der Waals surface area (Å²) in [5, 5.41) is 8.21. The average Bonchev–Trinajstić information content (AvgIpc) is 2.03. The third-order valence-electron chi connectivity index (χ3n) is 1.15. The molecule has 1 N–H and O–H groups in total. The van der Waals surface area contributed by atoms with Crippen molar-refractivity contribution < 1.29 is 19.1 Å². The summed E-state index contributed by atoms with van der Waals surface area (Å²) in [6, 6.07) is 1.80. The lowest BCUT2D eigenvalue weighted by Gasteiger charge is -1.93. The highest BCUT2D eigenvalue weighted by Gasteiger charge is 2.15. The fourth-order valence-electron chi connectivity index (χ4n) is 0.638. The zero-order chi connectivity index (χ0) is 9.14. The average molecular weight is 169 g/mol. The van der Waals surface area contributed by atoms with E-state index in [-0.39, 0.29) is 0 Å². The maximum Gasteiger partial charge on any atom is 0.378 e. The van der Waals surface area contributed by atoms with Gasteiger partial charge in [0.2, 0.25) is 0 Å². The quantitative estimate of drug-likeness (QED) is 0.516. The number of aromatic nitrogens is 1. The number of carboxylic acids is 1. The lowest BCUT2D eigenvalue weighted by molar-refractivity contribution is -0.131. The summed E-state index contributed by atoms with van der Waals surface area (Å²) in [6.45, 7) is 0. The van der Waals surface area contributed by atoms with Crippen molar-refractivity contribution in [2.45, 2.75) is 0 Å². The van der Waals surface area contributed by atoms with Crippen LogP contribution in [0.1, 0.15) is 10.5 Å². The summed E-state index contributed by atoms with van der Waals surface area (Å²) in [5.41, 5.74) is -0.400. The molecule has 62 valence electrons. The summed E-state index contributed by atoms with van der Waals surface area (Å²) < 4.78 is 12.4. The van der Waals surface area contributed by atoms with Crippen LogP contribution >= 0.6 is 0 Å². The van der Waals surface area contributed by atoms with Gasteiger partial charge in [-0.25, -0.2) is 9.18 Å². The van der Waals surface area contributed by atoms with E-state index in [0.717, 1.165) is 18.3 Å². The Labute approximate surface area is 66.7 Å². The number of ketones is 1. The van der Waals surface area contributed by atoms with Crippen LogP contribution < -0.4 is 0 Å². The fraction of sp³-hybridized carbons (Fsp3) is 0. The first kappa shape index (κ1) is 8.32. The second kappa shape index (κ2) is 3.08. The minimum Gasteiger partial charge on any atom is -0.475 e. The maximum atomic E-state index is 12.4. The molecular weight excluding hydrogens is 165 g/mol. The topological polar surface area (TPSA) is 67.3 Å². The summed E-state index contributed by atoms with van der Waals surface area (Å²) in [4.78, 5) is 24.2. The van der Waals surface area contributed by atoms with E-state index in [1.807, 2.05) is 0 Å². The van der Waals surface area contributed by atoms with Gasteiger partial charge in [0.15, 0.2) is 0 Å². The van der Waals surface area contributed by atoms with Crippen LogP contribution in [0.4, 0.5) is 4.39 Å². The molecule has 0 aliphatic rings. The molecule has 0 radical (unpaired) electrons. The minimum atomic E-state index is -1.65. The van der Waals surface area contributed by atoms with Crippen LogP contribution in [0.3, 0.4) is 0 Å². The van der Waals surface area contributed by atoms with Gasteiger partial charge in [-0.15, -0.1) is 0 Å². The highest BCUT2D eigenvalue weighted by Crippen LogP contribution is 2.00. The molecule has 0 saturated carbocycles. The van der Waals surface area contributed by atoms with E-state index < -0.39 is 23.3 Å². The van der Waals surface area contributed by atoms with Gasteiger partial charge < -0.3 is 5.11 Å². The van der Waals surface area contributed by atoms with Gasteiger partial charge in [0.25, 0.3) is 5.78 Å². The summed E-state index contributed by atoms with van der Waals surface area (Å²) >= 11 is 0. The Hall–Kier alpha value is -1.78. The largest absolute Gasteiger partial charge is 0.475 e. The Morgan fingerprint density at radius 2 is 2.17 bits per heavy atom. The Bertz CT molecular complexity index is 337. The van der Waals surface area contributed by atoms with Crippen LogP contribution in [0, 0.1) is 5.82 Å². The van der Waals surface area contributed by atoms with Crippen molar-refractivity contribution in [1.29, 1.82) is 0 Å². The van der Waals surface area contributed by atoms with Crippen LogP contribution in [0.15, 0.2) is 18.3 Å². The van der Waals surface area contributed by atoms with Crippen molar-refractivity contribution in [3.63, 3.8) is 0 Å². The van der Waals surface area contributed by atoms with E-state index in [4.69, 9.17) is 5.11 Å². The highest BCUT2D eigenvalue weighted by molar-refractivity contribution is 6.39. The van der Waals surface area contributed by atoms with Gasteiger partial charge in [0.1, 0.15) is 11.5 Å². The van der Waals surface area contributed by atoms with Gasteiger partial charge in [0, 0.05) is 12.3 Å². The predicted octanol–water partition coefficient (Wildman–Crippen LogP) is 0.488. The van der Waals surface area contributed by atoms with Crippen molar-refractivity contribution in [3.05, 3.63) is 29.8 Å². The number of aliphatic carboxylic acids is 1. The Morgan fingerprint density at radius 3 is 2.67 bits per heavy atom. The van der Waals surface area contributed by atoms with Gasteiger partial charge in [-0.3, -0.25) is 9.78 Å². The standard InChI is InChI=1S/C7H4FNO3/c8-4-1-2-9-5(3-4)6(10)7(11)12/h1-3H,(H,11,12). The number of rotatable bonds is 2. The van der Waals surface area contributed by atoms with Gasteiger partial charge in [-0.1, -0.05) is 0 Å². The Kier molecular flexibility index (Phi) is 2.14. The predicted molar refractivity (Wildman–Crippen MR) is 36.2 cm³/mol. The molecule has 0 aliphatic heterocycles. The fourth-order valence-corrected chi connectivity index (χ4v) is 0.638. The molecule has 5 heteroatoms. The molecule has 0 saturated heterocycles. The van der Waals surface area contributed by atoms with Crippen LogP contribution in [-0.2, 0) is 4.79 Å². The smallest absolute Gasteiger partial charge is 0.378 e. The van der Waals surface area contributed by atoms with Gasteiger partial charge in [0.05, 0.1) is 0 Å². The first-order chi connectivity index (χ1) is 5.61. The number of hydrogen-bond donors (Lipinski definition) is 1. The third kappa shape index (κ3) is 1.63. The molecule has 0 unspecified atom stereocenters. The zero-order valence-corrected chi connectivity index (χ0v) is 5.82. The molecule has 12 heavy (non-hydrogen) atoms. The number of nitrogens with zero attached hydrogens (tertiary/aromatic N) is 1. The number of pyridine rings is 1. The van der Waals surface area contributed by atoms with Crippen LogP contribution in [0.2, 0.25) is 0 Å². The zero-order valence-electron chi connectivity index (χ0n) is 5.82. The maximum absolute atomic E-state index is 12.4. The molecule has 1 rings (SSSR count). The lowest BCUT2D eigenvalue weighted by Crippen LogP contribution is -2.14. The number of halogens is 1. The molecule has 1 heterocycles. The van der Waals surface area contributed by atoms with E-state index in [2.05, 4.69) is 4.98 Å². The third-order valence-corrected chi connectivity index (χ3v) is 1.15. The van der Waals surface area contributed by atoms with Crippen molar-refractivity contribution in [2.75, 3.05) is 0 Å². The van der Waals surface area contributed by atoms with Crippen molar-refractivity contribution in [3.8, 4) is 0 Å². The SMILES string of the molecule is O=C(O)C(=O)c1cc(F)ccn1. The highest BCUT2D eigenvalue weighted by atomic mass is 19.1. The molecule has 0 aliphatic carbocycles. The van der Waals surface area contributed by atoms with E-state index in [9.17, 15) is 14.0 Å². The molecule has 0 fully saturated rings. The van der Waals surface area contributed by atoms with E-state index in [1.54, 1.807) is 0 Å². The summed E-state index contributed by atoms with van der Waals surface area (Å²) in [7, 11) is 0. The molecule has 0 spiro atoms. The van der Waals surface area contributed by atoms with Gasteiger partial charge >= 0.3 is 5.97 Å². The van der Waals surface area contributed by atoms with Gasteiger partial charge in [-0.2, -0.15) is 0 Å². The molecule has 0 atom stereocenters. The second-order valence-electron chi connectivity index (χ2n) is 1.99. The van der Waals surface area contributed by atoms with Crippen molar-refractivity contribution in [2.24, 2.45) is 0 Å². The van der Waals surface area contributed by atoms with Crippen molar-refractivity contribution in [1.82, 2.24) is 4.98 Å². The molecule has 1 aromatic rings. The first-order valence-corrected chi connectivity index (χ1v) is 3.00. The summed E-state index contributed by atoms with van der Waals surface area (Å²) in [5.74, 6) is -3.54. The first-order valence-electron chi connectivity index (χ1n) is 3.00. The van der Waals surface area contributed by atoms with E-state index in [1.165, 1.54) is 0 Å². The Morgan fingerprint density at radius 1 is 1.50 bits per heavy atom. The minimum absolute atomic E-state index is 0.400. The number of carboxylic acid groups (broad SMARTS) is 1. The van der Waals surface area contributed by atoms with Crippen LogP contribution in [0.25, 0.3) is 0 Å².